The second kappa shape index (κ2) is 7.70. The molecule has 4 nitrogen and oxygen atoms in total. The van der Waals surface area contributed by atoms with Crippen LogP contribution in [0, 0.1) is 0 Å². The average Bonchev–Trinajstić information content (AvgIpc) is 2.96. The summed E-state index contributed by atoms with van der Waals surface area (Å²) < 4.78 is 5.68. The van der Waals surface area contributed by atoms with Gasteiger partial charge < -0.3 is 14.7 Å². The predicted octanol–water partition coefficient (Wildman–Crippen LogP) is 2.65. The van der Waals surface area contributed by atoms with Crippen LogP contribution in [0.1, 0.15) is 24.8 Å². The summed E-state index contributed by atoms with van der Waals surface area (Å²) in [4.78, 5) is 12.9. The van der Waals surface area contributed by atoms with Gasteiger partial charge in [-0.2, -0.15) is 0 Å². The second-order valence-corrected chi connectivity index (χ2v) is 4.99. The molecule has 0 saturated carbocycles. The van der Waals surface area contributed by atoms with Gasteiger partial charge in [-0.25, -0.2) is 4.79 Å². The lowest BCUT2D eigenvalue weighted by Crippen LogP contribution is -2.21. The summed E-state index contributed by atoms with van der Waals surface area (Å²) >= 11 is 0. The maximum absolute atomic E-state index is 10.4. The van der Waals surface area contributed by atoms with Crippen molar-refractivity contribution in [3.8, 4) is 5.75 Å². The van der Waals surface area contributed by atoms with E-state index in [0.29, 0.717) is 0 Å². The van der Waals surface area contributed by atoms with Crippen molar-refractivity contribution in [1.82, 2.24) is 4.90 Å². The molecule has 1 fully saturated rings. The Labute approximate surface area is 119 Å². The van der Waals surface area contributed by atoms with E-state index in [-0.39, 0.29) is 0 Å². The van der Waals surface area contributed by atoms with E-state index in [0.717, 1.165) is 37.0 Å². The van der Waals surface area contributed by atoms with Gasteiger partial charge in [0.25, 0.3) is 0 Å². The molecule has 0 spiro atoms. The molecule has 0 amide bonds. The highest BCUT2D eigenvalue weighted by atomic mass is 16.5. The molecule has 1 heterocycles. The Kier molecular flexibility index (Phi) is 5.62. The summed E-state index contributed by atoms with van der Waals surface area (Å²) in [6, 6.07) is 7.46. The Morgan fingerprint density at radius 1 is 1.25 bits per heavy atom. The van der Waals surface area contributed by atoms with E-state index in [1.807, 2.05) is 24.3 Å². The van der Waals surface area contributed by atoms with Crippen LogP contribution in [0.5, 0.6) is 5.75 Å². The highest BCUT2D eigenvalue weighted by molar-refractivity contribution is 5.85. The van der Waals surface area contributed by atoms with Crippen molar-refractivity contribution in [3.63, 3.8) is 0 Å². The first-order chi connectivity index (χ1) is 9.74. The molecule has 1 aliphatic heterocycles. The molecule has 1 saturated heterocycles. The summed E-state index contributed by atoms with van der Waals surface area (Å²) in [6.07, 6.45) is 6.39. The van der Waals surface area contributed by atoms with Gasteiger partial charge in [-0.15, -0.1) is 0 Å². The van der Waals surface area contributed by atoms with E-state index < -0.39 is 5.97 Å². The molecular formula is C16H21NO3. The second-order valence-electron chi connectivity index (χ2n) is 4.99. The molecule has 0 radical (unpaired) electrons. The molecule has 1 aromatic rings. The van der Waals surface area contributed by atoms with Crippen molar-refractivity contribution in [2.75, 3.05) is 26.2 Å². The molecule has 1 aliphatic rings. The average molecular weight is 275 g/mol. The number of carbonyl (C=O) groups is 1. The van der Waals surface area contributed by atoms with Crippen molar-refractivity contribution < 1.29 is 14.6 Å². The van der Waals surface area contributed by atoms with E-state index in [9.17, 15) is 4.79 Å². The van der Waals surface area contributed by atoms with Crippen LogP contribution in [-0.4, -0.2) is 42.2 Å². The fraction of sp³-hybridized carbons (Fsp3) is 0.438. The SMILES string of the molecule is O=C(O)C=Cc1ccc(OCCCN2CCCC2)cc1. The number of ether oxygens (including phenoxy) is 1. The van der Waals surface area contributed by atoms with Crippen LogP contribution in [0.2, 0.25) is 0 Å². The fourth-order valence-electron chi connectivity index (χ4n) is 2.33. The number of nitrogens with zero attached hydrogens (tertiary/aromatic N) is 1. The third-order valence-corrected chi connectivity index (χ3v) is 3.38. The van der Waals surface area contributed by atoms with Crippen LogP contribution in [0.4, 0.5) is 0 Å². The first kappa shape index (κ1) is 14.6. The highest BCUT2D eigenvalue weighted by Gasteiger charge is 2.10. The smallest absolute Gasteiger partial charge is 0.328 e. The van der Waals surface area contributed by atoms with Gasteiger partial charge in [0, 0.05) is 12.6 Å². The molecule has 0 bridgehead atoms. The number of carboxylic acid groups (broad SMARTS) is 1. The molecule has 1 aromatic carbocycles. The van der Waals surface area contributed by atoms with Gasteiger partial charge in [0.1, 0.15) is 5.75 Å². The first-order valence-corrected chi connectivity index (χ1v) is 7.10. The number of hydrogen-bond acceptors (Lipinski definition) is 3. The molecule has 20 heavy (non-hydrogen) atoms. The van der Waals surface area contributed by atoms with Gasteiger partial charge >= 0.3 is 5.97 Å². The fourth-order valence-corrected chi connectivity index (χ4v) is 2.33. The van der Waals surface area contributed by atoms with Gasteiger partial charge in [0.2, 0.25) is 0 Å². The number of likely N-dealkylation sites (tertiary alicyclic amines) is 1. The normalized spacial score (nSPS) is 15.8. The summed E-state index contributed by atoms with van der Waals surface area (Å²) in [5.41, 5.74) is 0.858. The lowest BCUT2D eigenvalue weighted by Gasteiger charge is -2.14. The maximum atomic E-state index is 10.4. The summed E-state index contributed by atoms with van der Waals surface area (Å²) in [5, 5.41) is 8.55. The molecule has 1 N–H and O–H groups in total. The number of benzene rings is 1. The van der Waals surface area contributed by atoms with Gasteiger partial charge in [-0.1, -0.05) is 12.1 Å². The third kappa shape index (κ3) is 5.05. The summed E-state index contributed by atoms with van der Waals surface area (Å²) in [5.74, 6) is -0.105. The minimum atomic E-state index is -0.938. The maximum Gasteiger partial charge on any atom is 0.328 e. The predicted molar refractivity (Wildman–Crippen MR) is 78.9 cm³/mol. The zero-order valence-electron chi connectivity index (χ0n) is 11.6. The molecule has 0 unspecified atom stereocenters. The molecule has 0 atom stereocenters. The van der Waals surface area contributed by atoms with Crippen LogP contribution < -0.4 is 4.74 Å². The molecule has 108 valence electrons. The Bertz CT molecular complexity index is 447. The van der Waals surface area contributed by atoms with E-state index in [4.69, 9.17) is 9.84 Å². The first-order valence-electron chi connectivity index (χ1n) is 7.10. The monoisotopic (exact) mass is 275 g/mol. The van der Waals surface area contributed by atoms with Crippen LogP contribution in [0.25, 0.3) is 6.08 Å². The number of hydrogen-bond donors (Lipinski definition) is 1. The highest BCUT2D eigenvalue weighted by Crippen LogP contribution is 2.14. The zero-order valence-corrected chi connectivity index (χ0v) is 11.6. The van der Waals surface area contributed by atoms with Crippen molar-refractivity contribution in [2.24, 2.45) is 0 Å². The van der Waals surface area contributed by atoms with Crippen molar-refractivity contribution in [2.45, 2.75) is 19.3 Å². The van der Waals surface area contributed by atoms with Gasteiger partial charge in [-0.05, 0) is 56.1 Å². The number of aliphatic carboxylic acids is 1. The van der Waals surface area contributed by atoms with Crippen LogP contribution >= 0.6 is 0 Å². The number of carboxylic acids is 1. The summed E-state index contributed by atoms with van der Waals surface area (Å²) in [6.45, 7) is 4.29. The Morgan fingerprint density at radius 2 is 1.95 bits per heavy atom. The van der Waals surface area contributed by atoms with E-state index >= 15 is 0 Å². The molecule has 0 aromatic heterocycles. The molecule has 0 aliphatic carbocycles. The molecule has 2 rings (SSSR count). The van der Waals surface area contributed by atoms with Crippen LogP contribution in [0.15, 0.2) is 30.3 Å². The number of rotatable bonds is 7. The Morgan fingerprint density at radius 3 is 2.60 bits per heavy atom. The largest absolute Gasteiger partial charge is 0.494 e. The van der Waals surface area contributed by atoms with E-state index in [1.165, 1.54) is 25.9 Å². The van der Waals surface area contributed by atoms with E-state index in [2.05, 4.69) is 4.90 Å². The summed E-state index contributed by atoms with van der Waals surface area (Å²) in [7, 11) is 0. The zero-order chi connectivity index (χ0) is 14.2. The van der Waals surface area contributed by atoms with Crippen molar-refractivity contribution in [1.29, 1.82) is 0 Å². The van der Waals surface area contributed by atoms with Crippen LogP contribution in [0.3, 0.4) is 0 Å². The van der Waals surface area contributed by atoms with Crippen molar-refractivity contribution >= 4 is 12.0 Å². The lowest BCUT2D eigenvalue weighted by atomic mass is 10.2. The Hall–Kier alpha value is -1.81. The van der Waals surface area contributed by atoms with Crippen LogP contribution in [-0.2, 0) is 4.79 Å². The Balaban J connectivity index is 1.69. The molecule has 4 heteroatoms. The topological polar surface area (TPSA) is 49.8 Å². The minimum absolute atomic E-state index is 0.723. The van der Waals surface area contributed by atoms with Crippen molar-refractivity contribution in [3.05, 3.63) is 35.9 Å². The standard InChI is InChI=1S/C16H21NO3/c18-16(19)9-6-14-4-7-15(8-5-14)20-13-3-12-17-10-1-2-11-17/h4-9H,1-3,10-13H2,(H,18,19). The van der Waals surface area contributed by atoms with E-state index in [1.54, 1.807) is 6.08 Å². The van der Waals surface area contributed by atoms with Gasteiger partial charge in [0.15, 0.2) is 0 Å². The quantitative estimate of drug-likeness (QED) is 0.614. The third-order valence-electron chi connectivity index (χ3n) is 3.38. The minimum Gasteiger partial charge on any atom is -0.494 e. The van der Waals surface area contributed by atoms with Gasteiger partial charge in [-0.3, -0.25) is 0 Å². The van der Waals surface area contributed by atoms with Gasteiger partial charge in [0.05, 0.1) is 6.61 Å². The molecular weight excluding hydrogens is 254 g/mol. The lowest BCUT2D eigenvalue weighted by molar-refractivity contribution is -0.131.